The van der Waals surface area contributed by atoms with Crippen LogP contribution in [-0.4, -0.2) is 65.8 Å². The van der Waals surface area contributed by atoms with Crippen molar-refractivity contribution >= 4 is 11.8 Å². The minimum atomic E-state index is -0.0474. The van der Waals surface area contributed by atoms with Gasteiger partial charge in [0.2, 0.25) is 11.8 Å². The first kappa shape index (κ1) is 16.6. The molecule has 5 nitrogen and oxygen atoms in total. The molecule has 1 aromatic carbocycles. The average Bonchev–Trinajstić information content (AvgIpc) is 3.26. The zero-order valence-electron chi connectivity index (χ0n) is 14.8. The number of amides is 2. The van der Waals surface area contributed by atoms with Crippen molar-refractivity contribution in [1.29, 1.82) is 0 Å². The smallest absolute Gasteiger partial charge is 0.226 e. The summed E-state index contributed by atoms with van der Waals surface area (Å²) in [7, 11) is 0. The number of carbonyl (C=O) groups excluding carboxylic acids is 2. The molecule has 1 aromatic rings. The molecular formula is C20H27N3O2. The highest BCUT2D eigenvalue weighted by atomic mass is 16.2. The van der Waals surface area contributed by atoms with Gasteiger partial charge < -0.3 is 9.80 Å². The van der Waals surface area contributed by atoms with E-state index in [-0.39, 0.29) is 23.7 Å². The van der Waals surface area contributed by atoms with Gasteiger partial charge in [0.25, 0.3) is 0 Å². The van der Waals surface area contributed by atoms with Crippen molar-refractivity contribution in [2.75, 3.05) is 39.3 Å². The van der Waals surface area contributed by atoms with Gasteiger partial charge in [-0.3, -0.25) is 14.5 Å². The molecule has 2 heterocycles. The predicted octanol–water partition coefficient (Wildman–Crippen LogP) is 1.59. The van der Waals surface area contributed by atoms with Gasteiger partial charge >= 0.3 is 0 Å². The van der Waals surface area contributed by atoms with Crippen LogP contribution in [0.5, 0.6) is 0 Å². The summed E-state index contributed by atoms with van der Waals surface area (Å²) in [5.41, 5.74) is 1.32. The monoisotopic (exact) mass is 341 g/mol. The van der Waals surface area contributed by atoms with E-state index >= 15 is 0 Å². The number of hydrogen-bond donors (Lipinski definition) is 0. The molecule has 2 atom stereocenters. The van der Waals surface area contributed by atoms with E-state index in [1.165, 1.54) is 5.56 Å². The molecule has 0 N–H and O–H groups in total. The van der Waals surface area contributed by atoms with Gasteiger partial charge in [-0.25, -0.2) is 0 Å². The molecule has 1 saturated carbocycles. The number of carbonyl (C=O) groups is 2. The Morgan fingerprint density at radius 1 is 0.800 bits per heavy atom. The molecule has 2 amide bonds. The Kier molecular flexibility index (Phi) is 4.75. The van der Waals surface area contributed by atoms with Crippen LogP contribution in [-0.2, 0) is 16.1 Å². The molecule has 2 unspecified atom stereocenters. The third kappa shape index (κ3) is 3.71. The van der Waals surface area contributed by atoms with Gasteiger partial charge in [0, 0.05) is 45.8 Å². The van der Waals surface area contributed by atoms with Gasteiger partial charge in [-0.05, 0) is 24.8 Å². The average molecular weight is 341 g/mol. The Morgan fingerprint density at radius 3 is 1.96 bits per heavy atom. The quantitative estimate of drug-likeness (QED) is 0.835. The number of nitrogens with zero attached hydrogens (tertiary/aromatic N) is 3. The minimum Gasteiger partial charge on any atom is -0.342 e. The van der Waals surface area contributed by atoms with Crippen LogP contribution in [0.2, 0.25) is 0 Å². The Hall–Kier alpha value is -1.88. The number of piperazine rings is 1. The van der Waals surface area contributed by atoms with Crippen LogP contribution in [0.3, 0.4) is 0 Å². The maximum Gasteiger partial charge on any atom is 0.226 e. The standard InChI is InChI=1S/C20H27N3O2/c24-19(22-8-4-5-9-22)17-14-18(17)20(25)23-12-10-21(11-13-23)15-16-6-2-1-3-7-16/h1-3,6-7,17-18H,4-5,8-15H2. The minimum absolute atomic E-state index is 0.0343. The van der Waals surface area contributed by atoms with Crippen molar-refractivity contribution in [2.45, 2.75) is 25.8 Å². The van der Waals surface area contributed by atoms with E-state index in [1.807, 2.05) is 15.9 Å². The fourth-order valence-electron chi connectivity index (χ4n) is 4.12. The van der Waals surface area contributed by atoms with E-state index in [9.17, 15) is 9.59 Å². The van der Waals surface area contributed by atoms with Crippen LogP contribution in [0.4, 0.5) is 0 Å². The fourth-order valence-corrected chi connectivity index (χ4v) is 4.12. The van der Waals surface area contributed by atoms with Crippen molar-refractivity contribution in [2.24, 2.45) is 11.8 Å². The molecule has 0 bridgehead atoms. The maximum atomic E-state index is 12.7. The van der Waals surface area contributed by atoms with Gasteiger partial charge in [-0.2, -0.15) is 0 Å². The van der Waals surface area contributed by atoms with Gasteiger partial charge in [0.1, 0.15) is 0 Å². The summed E-state index contributed by atoms with van der Waals surface area (Å²) in [5, 5.41) is 0. The Labute approximate surface area is 149 Å². The topological polar surface area (TPSA) is 43.9 Å². The second-order valence-electron chi connectivity index (χ2n) is 7.57. The first-order valence-electron chi connectivity index (χ1n) is 9.56. The second-order valence-corrected chi connectivity index (χ2v) is 7.57. The summed E-state index contributed by atoms with van der Waals surface area (Å²) in [6.45, 7) is 6.11. The molecule has 0 aromatic heterocycles. The highest BCUT2D eigenvalue weighted by molar-refractivity contribution is 5.92. The molecule has 25 heavy (non-hydrogen) atoms. The molecule has 5 heteroatoms. The van der Waals surface area contributed by atoms with Crippen LogP contribution < -0.4 is 0 Å². The second kappa shape index (κ2) is 7.16. The lowest BCUT2D eigenvalue weighted by atomic mass is 10.2. The SMILES string of the molecule is O=C(C1CC1C(=O)N1CCN(Cc2ccccc2)CC1)N1CCCC1. The van der Waals surface area contributed by atoms with Crippen LogP contribution in [0.25, 0.3) is 0 Å². The summed E-state index contributed by atoms with van der Waals surface area (Å²) in [6, 6.07) is 10.5. The Morgan fingerprint density at radius 2 is 1.36 bits per heavy atom. The van der Waals surface area contributed by atoms with E-state index < -0.39 is 0 Å². The molecule has 134 valence electrons. The summed E-state index contributed by atoms with van der Waals surface area (Å²) in [6.07, 6.45) is 2.99. The van der Waals surface area contributed by atoms with Gasteiger partial charge in [-0.1, -0.05) is 30.3 Å². The van der Waals surface area contributed by atoms with Crippen LogP contribution in [0.1, 0.15) is 24.8 Å². The lowest BCUT2D eigenvalue weighted by Crippen LogP contribution is -2.49. The molecule has 2 saturated heterocycles. The maximum absolute atomic E-state index is 12.7. The third-order valence-electron chi connectivity index (χ3n) is 5.78. The van der Waals surface area contributed by atoms with Gasteiger partial charge in [0.05, 0.1) is 11.8 Å². The summed E-state index contributed by atoms with van der Waals surface area (Å²) >= 11 is 0. The summed E-state index contributed by atoms with van der Waals surface area (Å²) in [5.74, 6) is 0.345. The molecule has 3 aliphatic rings. The van der Waals surface area contributed by atoms with Crippen LogP contribution in [0, 0.1) is 11.8 Å². The van der Waals surface area contributed by atoms with Crippen LogP contribution >= 0.6 is 0 Å². The van der Waals surface area contributed by atoms with Gasteiger partial charge in [0.15, 0.2) is 0 Å². The van der Waals surface area contributed by atoms with E-state index in [2.05, 4.69) is 29.2 Å². The van der Waals surface area contributed by atoms with E-state index in [4.69, 9.17) is 0 Å². The van der Waals surface area contributed by atoms with Crippen molar-refractivity contribution in [3.63, 3.8) is 0 Å². The van der Waals surface area contributed by atoms with Gasteiger partial charge in [-0.15, -0.1) is 0 Å². The van der Waals surface area contributed by atoms with E-state index in [0.29, 0.717) is 0 Å². The summed E-state index contributed by atoms with van der Waals surface area (Å²) in [4.78, 5) is 31.4. The zero-order chi connectivity index (χ0) is 17.2. The highest BCUT2D eigenvalue weighted by Gasteiger charge is 2.51. The molecule has 3 fully saturated rings. The Bertz CT molecular complexity index is 619. The number of rotatable bonds is 4. The predicted molar refractivity (Wildman–Crippen MR) is 95.7 cm³/mol. The lowest BCUT2D eigenvalue weighted by Gasteiger charge is -2.35. The first-order chi connectivity index (χ1) is 12.2. The molecule has 0 radical (unpaired) electrons. The molecule has 2 aliphatic heterocycles. The van der Waals surface area contributed by atoms with Crippen LogP contribution in [0.15, 0.2) is 30.3 Å². The van der Waals surface area contributed by atoms with Crippen molar-refractivity contribution in [3.8, 4) is 0 Å². The third-order valence-corrected chi connectivity index (χ3v) is 5.78. The zero-order valence-corrected chi connectivity index (χ0v) is 14.8. The molecule has 4 rings (SSSR count). The Balaban J connectivity index is 1.24. The molecular weight excluding hydrogens is 314 g/mol. The van der Waals surface area contributed by atoms with Crippen molar-refractivity contribution in [1.82, 2.24) is 14.7 Å². The van der Waals surface area contributed by atoms with E-state index in [0.717, 1.165) is 65.1 Å². The van der Waals surface area contributed by atoms with Crippen molar-refractivity contribution in [3.05, 3.63) is 35.9 Å². The molecule has 1 aliphatic carbocycles. The fraction of sp³-hybridized carbons (Fsp3) is 0.600. The number of hydrogen-bond acceptors (Lipinski definition) is 3. The lowest BCUT2D eigenvalue weighted by molar-refractivity contribution is -0.138. The molecule has 0 spiro atoms. The summed E-state index contributed by atoms with van der Waals surface area (Å²) < 4.78 is 0. The highest BCUT2D eigenvalue weighted by Crippen LogP contribution is 2.42. The largest absolute Gasteiger partial charge is 0.342 e. The van der Waals surface area contributed by atoms with E-state index in [1.54, 1.807) is 0 Å². The number of benzene rings is 1. The number of likely N-dealkylation sites (tertiary alicyclic amines) is 1. The normalized spacial score (nSPS) is 26.7. The first-order valence-corrected chi connectivity index (χ1v) is 9.56. The van der Waals surface area contributed by atoms with Crippen molar-refractivity contribution < 1.29 is 9.59 Å².